The average Bonchev–Trinajstić information content (AvgIpc) is 3.45. The van der Waals surface area contributed by atoms with Gasteiger partial charge in [-0.1, -0.05) is 11.6 Å². The molecule has 0 atom stereocenters. The smallest absolute Gasteiger partial charge is 0.283 e. The quantitative estimate of drug-likeness (QED) is 0.643. The van der Waals surface area contributed by atoms with Gasteiger partial charge >= 0.3 is 0 Å². The van der Waals surface area contributed by atoms with Gasteiger partial charge in [-0.05, 0) is 73.5 Å². The van der Waals surface area contributed by atoms with Crippen LogP contribution in [0, 0.1) is 5.41 Å². The number of amides is 1. The van der Waals surface area contributed by atoms with Crippen molar-refractivity contribution in [3.8, 4) is 5.75 Å². The van der Waals surface area contributed by atoms with Gasteiger partial charge in [0.2, 0.25) is 5.17 Å². The number of ether oxygens (including phenoxy) is 1. The second-order valence-corrected chi connectivity index (χ2v) is 9.25. The summed E-state index contributed by atoms with van der Waals surface area (Å²) in [6, 6.07) is 11.0. The maximum atomic E-state index is 12.7. The van der Waals surface area contributed by atoms with Crippen LogP contribution in [0.15, 0.2) is 58.3 Å². The molecule has 8 nitrogen and oxygen atoms in total. The number of aliphatic imine (C=N–C) groups is 1. The first kappa shape index (κ1) is 21.8. The number of piperidine rings is 1. The van der Waals surface area contributed by atoms with E-state index in [0.717, 1.165) is 42.5 Å². The van der Waals surface area contributed by atoms with Crippen LogP contribution in [0.2, 0.25) is 5.02 Å². The topological polar surface area (TPSA) is 86.3 Å². The highest BCUT2D eigenvalue weighted by atomic mass is 35.5. The van der Waals surface area contributed by atoms with Crippen molar-refractivity contribution in [3.63, 3.8) is 0 Å². The summed E-state index contributed by atoms with van der Waals surface area (Å²) in [5.74, 6) is 0.375. The number of nitrogens with one attached hydrogen (secondary N) is 1. The fourth-order valence-corrected chi connectivity index (χ4v) is 4.97. The van der Waals surface area contributed by atoms with Crippen molar-refractivity contribution in [2.45, 2.75) is 25.8 Å². The Kier molecular flexibility index (Phi) is 6.24. The Labute approximate surface area is 201 Å². The molecule has 2 aromatic rings. The number of benzene rings is 1. The maximum Gasteiger partial charge on any atom is 0.283 e. The molecule has 0 aliphatic carbocycles. The van der Waals surface area contributed by atoms with Crippen LogP contribution in [0.1, 0.15) is 25.0 Å². The van der Waals surface area contributed by atoms with Gasteiger partial charge in [0.25, 0.3) is 5.91 Å². The predicted octanol–water partition coefficient (Wildman–Crippen LogP) is 4.28. The number of rotatable bonds is 5. The number of nitrogens with zero attached hydrogens (tertiary/aromatic N) is 5. The van der Waals surface area contributed by atoms with Crippen molar-refractivity contribution < 1.29 is 9.53 Å². The summed E-state index contributed by atoms with van der Waals surface area (Å²) < 4.78 is 7.76. The number of hydrogen-bond donors (Lipinski definition) is 1. The number of hydrazone groups is 1. The van der Waals surface area contributed by atoms with E-state index in [1.165, 1.54) is 23.2 Å². The highest BCUT2D eigenvalue weighted by molar-refractivity contribution is 8.26. The lowest BCUT2D eigenvalue weighted by molar-refractivity contribution is -0.114. The summed E-state index contributed by atoms with van der Waals surface area (Å²) in [4.78, 5) is 19.2. The van der Waals surface area contributed by atoms with E-state index < -0.39 is 5.91 Å². The van der Waals surface area contributed by atoms with Crippen molar-refractivity contribution in [1.29, 1.82) is 5.41 Å². The van der Waals surface area contributed by atoms with Gasteiger partial charge in [-0.3, -0.25) is 10.2 Å². The number of fused-ring (bicyclic) bond motifs is 1. The molecule has 1 fully saturated rings. The number of likely N-dealkylation sites (tertiary alicyclic amines) is 1. The molecule has 1 aromatic carbocycles. The van der Waals surface area contributed by atoms with Crippen LogP contribution in [0.3, 0.4) is 0 Å². The van der Waals surface area contributed by atoms with E-state index in [2.05, 4.69) is 15.0 Å². The Hall–Kier alpha value is -3.04. The van der Waals surface area contributed by atoms with Crippen molar-refractivity contribution in [2.75, 3.05) is 19.7 Å². The lowest BCUT2D eigenvalue weighted by Crippen LogP contribution is -2.35. The molecule has 1 N–H and O–H groups in total. The van der Waals surface area contributed by atoms with E-state index in [0.29, 0.717) is 23.3 Å². The molecule has 170 valence electrons. The molecule has 1 aromatic heterocycles. The molecule has 0 spiro atoms. The number of carbonyl (C=O) groups excluding carboxylic acids is 1. The van der Waals surface area contributed by atoms with Gasteiger partial charge in [0.1, 0.15) is 12.4 Å². The molecule has 0 bridgehead atoms. The SMILES string of the molecule is N=C1/C(=C/c2cccn2CCOc2ccc(Cl)cc2)C(=O)N=C2SC(N3CCCCC3)=NN12. The van der Waals surface area contributed by atoms with Gasteiger partial charge < -0.3 is 14.2 Å². The van der Waals surface area contributed by atoms with E-state index in [1.54, 1.807) is 18.2 Å². The molecule has 0 saturated carbocycles. The Morgan fingerprint density at radius 1 is 1.12 bits per heavy atom. The van der Waals surface area contributed by atoms with E-state index in [9.17, 15) is 4.79 Å². The third-order valence-electron chi connectivity index (χ3n) is 5.64. The number of thioether (sulfide) groups is 1. The second kappa shape index (κ2) is 9.44. The molecule has 1 amide bonds. The number of carbonyl (C=O) groups is 1. The zero-order valence-electron chi connectivity index (χ0n) is 17.9. The summed E-state index contributed by atoms with van der Waals surface area (Å²) in [7, 11) is 0. The highest BCUT2D eigenvalue weighted by Gasteiger charge is 2.37. The lowest BCUT2D eigenvalue weighted by Gasteiger charge is -2.26. The molecule has 10 heteroatoms. The first-order chi connectivity index (χ1) is 16.1. The molecular formula is C23H23ClN6O2S. The molecule has 0 radical (unpaired) electrons. The molecule has 5 rings (SSSR count). The fourth-order valence-electron chi connectivity index (χ4n) is 3.90. The zero-order valence-corrected chi connectivity index (χ0v) is 19.5. The summed E-state index contributed by atoms with van der Waals surface area (Å²) in [5, 5.41) is 16.6. The van der Waals surface area contributed by atoms with Crippen LogP contribution in [0.25, 0.3) is 6.08 Å². The Balaban J connectivity index is 1.29. The van der Waals surface area contributed by atoms with Crippen LogP contribution >= 0.6 is 23.4 Å². The normalized spacial score (nSPS) is 19.6. The van der Waals surface area contributed by atoms with E-state index in [-0.39, 0.29) is 11.4 Å². The van der Waals surface area contributed by atoms with Gasteiger partial charge in [0.05, 0.1) is 12.1 Å². The minimum absolute atomic E-state index is 0.0506. The molecular weight excluding hydrogens is 460 g/mol. The third-order valence-corrected chi connectivity index (χ3v) is 6.86. The lowest BCUT2D eigenvalue weighted by atomic mass is 10.1. The van der Waals surface area contributed by atoms with Crippen LogP contribution in [-0.2, 0) is 11.3 Å². The fraction of sp³-hybridized carbons (Fsp3) is 0.304. The number of halogens is 1. The Morgan fingerprint density at radius 3 is 2.70 bits per heavy atom. The van der Waals surface area contributed by atoms with Crippen molar-refractivity contribution >= 4 is 51.5 Å². The Bertz CT molecular complexity index is 1160. The molecule has 4 heterocycles. The van der Waals surface area contributed by atoms with Gasteiger partial charge in [-0.25, -0.2) is 0 Å². The molecule has 3 aliphatic rings. The van der Waals surface area contributed by atoms with Crippen LogP contribution < -0.4 is 4.74 Å². The first-order valence-corrected chi connectivity index (χ1v) is 12.1. The van der Waals surface area contributed by atoms with Gasteiger partial charge in [0, 0.05) is 30.0 Å². The predicted molar refractivity (Wildman–Crippen MR) is 132 cm³/mol. The van der Waals surface area contributed by atoms with Crippen molar-refractivity contribution in [3.05, 3.63) is 58.9 Å². The summed E-state index contributed by atoms with van der Waals surface area (Å²) >= 11 is 7.27. The van der Waals surface area contributed by atoms with E-state index in [4.69, 9.17) is 21.7 Å². The largest absolute Gasteiger partial charge is 0.492 e. The summed E-state index contributed by atoms with van der Waals surface area (Å²) in [6.07, 6.45) is 7.11. The molecule has 1 saturated heterocycles. The van der Waals surface area contributed by atoms with Gasteiger partial charge in [-0.15, -0.1) is 5.10 Å². The van der Waals surface area contributed by atoms with Gasteiger partial charge in [-0.2, -0.15) is 10.0 Å². The number of hydrogen-bond acceptors (Lipinski definition) is 6. The first-order valence-electron chi connectivity index (χ1n) is 10.9. The third kappa shape index (κ3) is 4.69. The highest BCUT2D eigenvalue weighted by Crippen LogP contribution is 2.30. The molecule has 33 heavy (non-hydrogen) atoms. The number of amidine groups is 3. The van der Waals surface area contributed by atoms with Crippen LogP contribution in [0.4, 0.5) is 0 Å². The average molecular weight is 483 g/mol. The van der Waals surface area contributed by atoms with Crippen LogP contribution in [0.5, 0.6) is 5.75 Å². The molecule has 0 unspecified atom stereocenters. The van der Waals surface area contributed by atoms with E-state index >= 15 is 0 Å². The maximum absolute atomic E-state index is 12.7. The minimum atomic E-state index is -0.418. The minimum Gasteiger partial charge on any atom is -0.492 e. The van der Waals surface area contributed by atoms with Gasteiger partial charge in [0.15, 0.2) is 11.0 Å². The number of aromatic nitrogens is 1. The monoisotopic (exact) mass is 482 g/mol. The standard InChI is InChI=1S/C23H23ClN6O2S/c24-16-6-8-18(9-7-16)32-14-13-28-12-4-5-17(28)15-19-20(25)30-22(26-21(19)31)33-23(27-30)29-10-2-1-3-11-29/h4-9,12,15,25H,1-3,10-11,13-14H2/b19-15-,25-20?. The van der Waals surface area contributed by atoms with E-state index in [1.807, 2.05) is 35.0 Å². The van der Waals surface area contributed by atoms with Crippen LogP contribution in [-0.4, -0.2) is 56.3 Å². The Morgan fingerprint density at radius 2 is 1.91 bits per heavy atom. The summed E-state index contributed by atoms with van der Waals surface area (Å²) in [5.41, 5.74) is 1.02. The van der Waals surface area contributed by atoms with Crippen molar-refractivity contribution in [2.24, 2.45) is 10.1 Å². The molecule has 3 aliphatic heterocycles. The second-order valence-electron chi connectivity index (χ2n) is 7.88. The zero-order chi connectivity index (χ0) is 22.8. The summed E-state index contributed by atoms with van der Waals surface area (Å²) in [6.45, 7) is 2.93. The van der Waals surface area contributed by atoms with Crippen molar-refractivity contribution in [1.82, 2.24) is 14.5 Å².